The molecule has 0 unspecified atom stereocenters. The van der Waals surface area contributed by atoms with E-state index in [4.69, 9.17) is 10.5 Å². The molecular formula is C13H16N2O2. The van der Waals surface area contributed by atoms with Gasteiger partial charge in [-0.2, -0.15) is 0 Å². The second-order valence-corrected chi connectivity index (χ2v) is 4.33. The van der Waals surface area contributed by atoms with Crippen LogP contribution in [0.1, 0.15) is 24.8 Å². The lowest BCUT2D eigenvalue weighted by Crippen LogP contribution is -2.32. The smallest absolute Gasteiger partial charge is 0.241 e. The molecule has 0 aliphatic heterocycles. The summed E-state index contributed by atoms with van der Waals surface area (Å²) in [6, 6.07) is 3.89. The summed E-state index contributed by atoms with van der Waals surface area (Å²) in [5.41, 5.74) is 6.22. The fraction of sp³-hybridized carbons (Fsp3) is 0.385. The number of ether oxygens (including phenoxy) is 1. The van der Waals surface area contributed by atoms with Gasteiger partial charge in [-0.3, -0.25) is 4.79 Å². The van der Waals surface area contributed by atoms with Crippen molar-refractivity contribution in [2.45, 2.75) is 24.7 Å². The lowest BCUT2D eigenvalue weighted by Gasteiger charge is -2.39. The molecular weight excluding hydrogens is 216 g/mol. The van der Waals surface area contributed by atoms with Gasteiger partial charge in [0.15, 0.2) is 0 Å². The molecule has 1 aliphatic carbocycles. The molecule has 1 saturated carbocycles. The fourth-order valence-electron chi connectivity index (χ4n) is 2.18. The van der Waals surface area contributed by atoms with E-state index in [1.807, 2.05) is 18.2 Å². The number of carbonyl (C=O) groups excluding carboxylic acids is 1. The van der Waals surface area contributed by atoms with Crippen LogP contribution in [0.4, 0.5) is 0 Å². The number of hydrogen-bond acceptors (Lipinski definition) is 3. The van der Waals surface area contributed by atoms with Crippen molar-refractivity contribution in [1.29, 1.82) is 0 Å². The van der Waals surface area contributed by atoms with Crippen LogP contribution < -0.4 is 10.5 Å². The first-order valence-electron chi connectivity index (χ1n) is 5.65. The van der Waals surface area contributed by atoms with E-state index in [9.17, 15) is 4.79 Å². The first-order valence-corrected chi connectivity index (χ1v) is 5.65. The number of amides is 1. The molecule has 1 aliphatic rings. The third-order valence-electron chi connectivity index (χ3n) is 3.33. The van der Waals surface area contributed by atoms with Gasteiger partial charge in [-0.15, -0.1) is 0 Å². The predicted molar refractivity (Wildman–Crippen MR) is 64.7 cm³/mol. The van der Waals surface area contributed by atoms with Crippen LogP contribution in [0, 0.1) is 0 Å². The Morgan fingerprint density at radius 2 is 2.35 bits per heavy atom. The lowest BCUT2D eigenvalue weighted by molar-refractivity contribution is -0.113. The van der Waals surface area contributed by atoms with Gasteiger partial charge < -0.3 is 10.5 Å². The highest BCUT2D eigenvalue weighted by molar-refractivity contribution is 5.86. The standard InChI is InChI=1S/C13H16N2O2/c1-17-12-9-10(4-8-15-12)13(5-2-6-13)7-3-11(14)16/h3-4,7-9H,2,5-6H2,1H3,(H2,14,16)/b7-3+. The van der Waals surface area contributed by atoms with Gasteiger partial charge in [0.1, 0.15) is 0 Å². The van der Waals surface area contributed by atoms with Crippen molar-refractivity contribution in [3.63, 3.8) is 0 Å². The van der Waals surface area contributed by atoms with Crippen molar-refractivity contribution in [1.82, 2.24) is 4.98 Å². The Morgan fingerprint density at radius 1 is 1.59 bits per heavy atom. The average molecular weight is 232 g/mol. The number of rotatable bonds is 4. The van der Waals surface area contributed by atoms with Gasteiger partial charge in [0.05, 0.1) is 7.11 Å². The second-order valence-electron chi connectivity index (χ2n) is 4.33. The second kappa shape index (κ2) is 4.57. The number of carbonyl (C=O) groups is 1. The maximum atomic E-state index is 10.8. The average Bonchev–Trinajstić information content (AvgIpc) is 2.27. The van der Waals surface area contributed by atoms with Crippen molar-refractivity contribution in [3.05, 3.63) is 36.0 Å². The van der Waals surface area contributed by atoms with E-state index in [1.54, 1.807) is 13.3 Å². The summed E-state index contributed by atoms with van der Waals surface area (Å²) in [5, 5.41) is 0. The van der Waals surface area contributed by atoms with Crippen LogP contribution in [-0.2, 0) is 10.2 Å². The molecule has 90 valence electrons. The van der Waals surface area contributed by atoms with E-state index in [2.05, 4.69) is 4.98 Å². The van der Waals surface area contributed by atoms with Gasteiger partial charge in [0.25, 0.3) is 0 Å². The maximum absolute atomic E-state index is 10.8. The van der Waals surface area contributed by atoms with E-state index < -0.39 is 5.91 Å². The lowest BCUT2D eigenvalue weighted by atomic mass is 9.64. The van der Waals surface area contributed by atoms with Crippen LogP contribution in [0.15, 0.2) is 30.5 Å². The van der Waals surface area contributed by atoms with Gasteiger partial charge in [-0.05, 0) is 30.5 Å². The van der Waals surface area contributed by atoms with E-state index in [-0.39, 0.29) is 5.41 Å². The molecule has 4 nitrogen and oxygen atoms in total. The van der Waals surface area contributed by atoms with Crippen LogP contribution in [0.25, 0.3) is 0 Å². The monoisotopic (exact) mass is 232 g/mol. The first-order chi connectivity index (χ1) is 8.16. The summed E-state index contributed by atoms with van der Waals surface area (Å²) < 4.78 is 5.12. The minimum absolute atomic E-state index is 0.0642. The van der Waals surface area contributed by atoms with Gasteiger partial charge in [0, 0.05) is 17.7 Å². The van der Waals surface area contributed by atoms with Gasteiger partial charge in [-0.25, -0.2) is 4.98 Å². The molecule has 17 heavy (non-hydrogen) atoms. The number of hydrogen-bond donors (Lipinski definition) is 1. The van der Waals surface area contributed by atoms with Crippen molar-refractivity contribution in [2.75, 3.05) is 7.11 Å². The zero-order valence-corrected chi connectivity index (χ0v) is 9.85. The van der Waals surface area contributed by atoms with Crippen LogP contribution in [-0.4, -0.2) is 18.0 Å². The Kier molecular flexibility index (Phi) is 3.13. The number of methoxy groups -OCH3 is 1. The van der Waals surface area contributed by atoms with Crippen LogP contribution in [0.5, 0.6) is 5.88 Å². The molecule has 2 N–H and O–H groups in total. The molecule has 1 aromatic heterocycles. The quantitative estimate of drug-likeness (QED) is 0.801. The molecule has 0 bridgehead atoms. The Bertz CT molecular complexity index is 450. The zero-order chi connectivity index (χ0) is 12.3. The molecule has 0 saturated heterocycles. The summed E-state index contributed by atoms with van der Waals surface area (Å²) in [6.07, 6.45) is 8.31. The molecule has 1 heterocycles. The fourth-order valence-corrected chi connectivity index (χ4v) is 2.18. The molecule has 0 radical (unpaired) electrons. The zero-order valence-electron chi connectivity index (χ0n) is 9.85. The van der Waals surface area contributed by atoms with Crippen LogP contribution in [0.3, 0.4) is 0 Å². The number of allylic oxidation sites excluding steroid dienone is 1. The highest BCUT2D eigenvalue weighted by Crippen LogP contribution is 2.45. The molecule has 1 aromatic rings. The molecule has 0 aromatic carbocycles. The normalized spacial score (nSPS) is 17.7. The largest absolute Gasteiger partial charge is 0.481 e. The number of aromatic nitrogens is 1. The van der Waals surface area contributed by atoms with Crippen molar-refractivity contribution >= 4 is 5.91 Å². The van der Waals surface area contributed by atoms with E-state index >= 15 is 0 Å². The van der Waals surface area contributed by atoms with Crippen molar-refractivity contribution in [3.8, 4) is 5.88 Å². The molecule has 4 heteroatoms. The summed E-state index contributed by atoms with van der Waals surface area (Å²) in [7, 11) is 1.60. The first kappa shape index (κ1) is 11.6. The third kappa shape index (κ3) is 2.30. The number of primary amides is 1. The summed E-state index contributed by atoms with van der Waals surface area (Å²) in [5.74, 6) is 0.193. The topological polar surface area (TPSA) is 65.2 Å². The molecule has 0 atom stereocenters. The SMILES string of the molecule is COc1cc(C2(/C=C/C(N)=O)CCC2)ccn1. The molecule has 1 fully saturated rings. The Balaban J connectivity index is 2.30. The Morgan fingerprint density at radius 3 is 2.88 bits per heavy atom. The summed E-state index contributed by atoms with van der Waals surface area (Å²) >= 11 is 0. The maximum Gasteiger partial charge on any atom is 0.241 e. The minimum atomic E-state index is -0.405. The van der Waals surface area contributed by atoms with Crippen molar-refractivity contribution in [2.24, 2.45) is 5.73 Å². The van der Waals surface area contributed by atoms with E-state index in [1.165, 1.54) is 6.08 Å². The van der Waals surface area contributed by atoms with Crippen LogP contribution >= 0.6 is 0 Å². The number of nitrogens with two attached hydrogens (primary N) is 1. The Hall–Kier alpha value is -1.84. The molecule has 1 amide bonds. The third-order valence-corrected chi connectivity index (χ3v) is 3.33. The Labute approximate surface area is 100 Å². The highest BCUT2D eigenvalue weighted by Gasteiger charge is 2.36. The van der Waals surface area contributed by atoms with E-state index in [0.717, 1.165) is 24.8 Å². The van der Waals surface area contributed by atoms with E-state index in [0.29, 0.717) is 5.88 Å². The highest BCUT2D eigenvalue weighted by atomic mass is 16.5. The number of pyridine rings is 1. The van der Waals surface area contributed by atoms with Gasteiger partial charge in [0.2, 0.25) is 11.8 Å². The van der Waals surface area contributed by atoms with Crippen LogP contribution in [0.2, 0.25) is 0 Å². The minimum Gasteiger partial charge on any atom is -0.481 e. The molecule has 0 spiro atoms. The summed E-state index contributed by atoms with van der Waals surface area (Å²) in [6.45, 7) is 0. The van der Waals surface area contributed by atoms with Crippen molar-refractivity contribution < 1.29 is 9.53 Å². The summed E-state index contributed by atoms with van der Waals surface area (Å²) in [4.78, 5) is 14.9. The van der Waals surface area contributed by atoms with Gasteiger partial charge >= 0.3 is 0 Å². The van der Waals surface area contributed by atoms with Gasteiger partial charge in [-0.1, -0.05) is 12.5 Å². The molecule has 2 rings (SSSR count). The predicted octanol–water partition coefficient (Wildman–Crippen LogP) is 1.55. The number of nitrogens with zero attached hydrogens (tertiary/aromatic N) is 1.